The lowest BCUT2D eigenvalue weighted by Gasteiger charge is -2.10. The molecule has 8 heteroatoms. The van der Waals surface area contributed by atoms with Crippen LogP contribution in [-0.2, 0) is 17.9 Å². The van der Waals surface area contributed by atoms with Crippen molar-refractivity contribution in [2.45, 2.75) is 19.5 Å². The largest absolute Gasteiger partial charge is 0.496 e. The van der Waals surface area contributed by atoms with Crippen LogP contribution in [-0.4, -0.2) is 27.6 Å². The van der Waals surface area contributed by atoms with Crippen LogP contribution in [0.1, 0.15) is 12.0 Å². The maximum absolute atomic E-state index is 12.4. The Morgan fingerprint density at radius 3 is 2.85 bits per heavy atom. The van der Waals surface area contributed by atoms with Crippen LogP contribution in [0.3, 0.4) is 0 Å². The molecule has 2 heterocycles. The van der Waals surface area contributed by atoms with Crippen LogP contribution in [0.2, 0.25) is 0 Å². The molecule has 0 spiro atoms. The SMILES string of the molecule is COc1ccccc1CNC(=O)CCn1c(=O)[nH]c2ncccc2c1=O. The first-order chi connectivity index (χ1) is 12.6. The van der Waals surface area contributed by atoms with Crippen LogP contribution in [0.5, 0.6) is 5.75 Å². The van der Waals surface area contributed by atoms with E-state index in [0.29, 0.717) is 17.7 Å². The number of amides is 1. The average Bonchev–Trinajstić information content (AvgIpc) is 2.66. The minimum atomic E-state index is -0.585. The number of carbonyl (C=O) groups excluding carboxylic acids is 1. The highest BCUT2D eigenvalue weighted by Crippen LogP contribution is 2.16. The lowest BCUT2D eigenvalue weighted by atomic mass is 10.2. The molecular weight excluding hydrogens is 336 g/mol. The number of carbonyl (C=O) groups is 1. The lowest BCUT2D eigenvalue weighted by molar-refractivity contribution is -0.121. The summed E-state index contributed by atoms with van der Waals surface area (Å²) in [7, 11) is 1.56. The van der Waals surface area contributed by atoms with Crippen LogP contribution in [0.25, 0.3) is 11.0 Å². The zero-order valence-corrected chi connectivity index (χ0v) is 14.2. The van der Waals surface area contributed by atoms with E-state index in [1.807, 2.05) is 24.3 Å². The zero-order chi connectivity index (χ0) is 18.5. The fraction of sp³-hybridized carbons (Fsp3) is 0.222. The van der Waals surface area contributed by atoms with Gasteiger partial charge in [0, 0.05) is 31.3 Å². The van der Waals surface area contributed by atoms with Crippen molar-refractivity contribution in [3.63, 3.8) is 0 Å². The van der Waals surface area contributed by atoms with Gasteiger partial charge in [-0.1, -0.05) is 18.2 Å². The molecule has 0 aliphatic heterocycles. The highest BCUT2D eigenvalue weighted by Gasteiger charge is 2.10. The summed E-state index contributed by atoms with van der Waals surface area (Å²) < 4.78 is 6.24. The molecule has 0 saturated carbocycles. The first-order valence-electron chi connectivity index (χ1n) is 8.06. The molecule has 134 valence electrons. The number of rotatable bonds is 6. The summed E-state index contributed by atoms with van der Waals surface area (Å²) in [5, 5.41) is 3.07. The van der Waals surface area contributed by atoms with Crippen molar-refractivity contribution in [2.24, 2.45) is 0 Å². The predicted octanol–water partition coefficient (Wildman–Crippen LogP) is 0.800. The third-order valence-electron chi connectivity index (χ3n) is 3.98. The van der Waals surface area contributed by atoms with Gasteiger partial charge in [0.1, 0.15) is 11.4 Å². The monoisotopic (exact) mass is 354 g/mol. The minimum Gasteiger partial charge on any atom is -0.496 e. The first kappa shape index (κ1) is 17.4. The number of pyridine rings is 1. The highest BCUT2D eigenvalue weighted by molar-refractivity contribution is 5.76. The standard InChI is InChI=1S/C18H18N4O4/c1-26-14-7-3-2-5-12(14)11-20-15(23)8-10-22-17(24)13-6-4-9-19-16(13)21-18(22)25/h2-7,9H,8,10-11H2,1H3,(H,20,23)(H,19,21,25). The molecule has 3 aromatic rings. The van der Waals surface area contributed by atoms with Gasteiger partial charge in [-0.25, -0.2) is 9.78 Å². The van der Waals surface area contributed by atoms with Crippen molar-refractivity contribution < 1.29 is 9.53 Å². The molecule has 0 unspecified atom stereocenters. The van der Waals surface area contributed by atoms with Gasteiger partial charge in [0.15, 0.2) is 0 Å². The third-order valence-corrected chi connectivity index (χ3v) is 3.98. The molecule has 0 aliphatic carbocycles. The van der Waals surface area contributed by atoms with Crippen LogP contribution in [0.4, 0.5) is 0 Å². The number of aromatic amines is 1. The molecule has 0 radical (unpaired) electrons. The number of nitrogens with zero attached hydrogens (tertiary/aromatic N) is 2. The quantitative estimate of drug-likeness (QED) is 0.681. The van der Waals surface area contributed by atoms with E-state index in [1.54, 1.807) is 19.2 Å². The van der Waals surface area contributed by atoms with Crippen LogP contribution in [0, 0.1) is 0 Å². The molecule has 26 heavy (non-hydrogen) atoms. The maximum Gasteiger partial charge on any atom is 0.330 e. The van der Waals surface area contributed by atoms with Crippen LogP contribution >= 0.6 is 0 Å². The zero-order valence-electron chi connectivity index (χ0n) is 14.2. The number of nitrogens with one attached hydrogen (secondary N) is 2. The Morgan fingerprint density at radius 1 is 1.23 bits per heavy atom. The van der Waals surface area contributed by atoms with Gasteiger partial charge in [-0.2, -0.15) is 0 Å². The molecule has 0 saturated heterocycles. The molecule has 2 aromatic heterocycles. The van der Waals surface area contributed by atoms with Crippen molar-refractivity contribution in [2.75, 3.05) is 7.11 Å². The van der Waals surface area contributed by atoms with Crippen molar-refractivity contribution in [3.8, 4) is 5.75 Å². The summed E-state index contributed by atoms with van der Waals surface area (Å²) in [6, 6.07) is 10.6. The Balaban J connectivity index is 1.67. The average molecular weight is 354 g/mol. The van der Waals surface area contributed by atoms with Crippen molar-refractivity contribution in [1.82, 2.24) is 19.9 Å². The molecule has 2 N–H and O–H groups in total. The van der Waals surface area contributed by atoms with E-state index in [-0.39, 0.29) is 24.5 Å². The Kier molecular flexibility index (Phi) is 5.12. The highest BCUT2D eigenvalue weighted by atomic mass is 16.5. The summed E-state index contributed by atoms with van der Waals surface area (Å²) in [6.45, 7) is 0.284. The molecule has 1 amide bonds. The predicted molar refractivity (Wildman–Crippen MR) is 96.1 cm³/mol. The second-order valence-electron chi connectivity index (χ2n) is 5.63. The Hall–Kier alpha value is -3.42. The van der Waals surface area contributed by atoms with Crippen LogP contribution < -0.4 is 21.3 Å². The summed E-state index contributed by atoms with van der Waals surface area (Å²) in [5.74, 6) is 0.413. The van der Waals surface area contributed by atoms with Gasteiger partial charge in [-0.3, -0.25) is 19.1 Å². The number of methoxy groups -OCH3 is 1. The number of ether oxygens (including phenoxy) is 1. The lowest BCUT2D eigenvalue weighted by Crippen LogP contribution is -2.37. The number of hydrogen-bond donors (Lipinski definition) is 2. The molecule has 0 aliphatic rings. The van der Waals surface area contributed by atoms with Gasteiger partial charge < -0.3 is 10.1 Å². The molecule has 1 aromatic carbocycles. The van der Waals surface area contributed by atoms with Gasteiger partial charge in [0.2, 0.25) is 5.91 Å². The molecule has 0 fully saturated rings. The van der Waals surface area contributed by atoms with Gasteiger partial charge in [-0.05, 0) is 18.2 Å². The van der Waals surface area contributed by atoms with Gasteiger partial charge in [0.05, 0.1) is 12.5 Å². The molecule has 8 nitrogen and oxygen atoms in total. The van der Waals surface area contributed by atoms with Crippen molar-refractivity contribution >= 4 is 16.9 Å². The van der Waals surface area contributed by atoms with E-state index >= 15 is 0 Å². The summed E-state index contributed by atoms with van der Waals surface area (Å²) >= 11 is 0. The van der Waals surface area contributed by atoms with E-state index in [0.717, 1.165) is 10.1 Å². The minimum absolute atomic E-state index is 0.00387. The summed E-state index contributed by atoms with van der Waals surface area (Å²) in [6.07, 6.45) is 1.50. The van der Waals surface area contributed by atoms with Gasteiger partial charge in [-0.15, -0.1) is 0 Å². The fourth-order valence-electron chi connectivity index (χ4n) is 2.63. The molecule has 0 atom stereocenters. The second-order valence-corrected chi connectivity index (χ2v) is 5.63. The first-order valence-corrected chi connectivity index (χ1v) is 8.06. The number of fused-ring (bicyclic) bond motifs is 1. The second kappa shape index (κ2) is 7.64. The van der Waals surface area contributed by atoms with E-state index in [4.69, 9.17) is 4.74 Å². The van der Waals surface area contributed by atoms with E-state index < -0.39 is 11.2 Å². The molecule has 0 bridgehead atoms. The number of para-hydroxylation sites is 1. The number of hydrogen-bond acceptors (Lipinski definition) is 5. The Morgan fingerprint density at radius 2 is 2.04 bits per heavy atom. The van der Waals surface area contributed by atoms with Crippen LogP contribution in [0.15, 0.2) is 52.2 Å². The third kappa shape index (κ3) is 3.64. The number of aromatic nitrogens is 3. The Labute approximate surface area is 148 Å². The molecular formula is C18H18N4O4. The van der Waals surface area contributed by atoms with Crippen molar-refractivity contribution in [1.29, 1.82) is 0 Å². The Bertz CT molecular complexity index is 1050. The van der Waals surface area contributed by atoms with E-state index in [9.17, 15) is 14.4 Å². The summed E-state index contributed by atoms with van der Waals surface area (Å²) in [4.78, 5) is 43.0. The smallest absolute Gasteiger partial charge is 0.330 e. The van der Waals surface area contributed by atoms with E-state index in [2.05, 4.69) is 15.3 Å². The van der Waals surface area contributed by atoms with Gasteiger partial charge >= 0.3 is 5.69 Å². The maximum atomic E-state index is 12.4. The normalized spacial score (nSPS) is 10.7. The van der Waals surface area contributed by atoms with Crippen molar-refractivity contribution in [3.05, 3.63) is 69.0 Å². The van der Waals surface area contributed by atoms with E-state index in [1.165, 1.54) is 6.20 Å². The fourth-order valence-corrected chi connectivity index (χ4v) is 2.63. The summed E-state index contributed by atoms with van der Waals surface area (Å²) in [5.41, 5.74) is 0.0302. The van der Waals surface area contributed by atoms with Gasteiger partial charge in [0.25, 0.3) is 5.56 Å². The number of benzene rings is 1. The topological polar surface area (TPSA) is 106 Å². The molecule has 3 rings (SSSR count). The number of H-pyrrole nitrogens is 1.